The average molecular weight is 367 g/mol. The number of benzene rings is 1. The van der Waals surface area contributed by atoms with E-state index in [4.69, 9.17) is 0 Å². The van der Waals surface area contributed by atoms with E-state index in [-0.39, 0.29) is 0 Å². The number of piperidine rings is 2. The molecule has 2 saturated heterocycles. The highest BCUT2D eigenvalue weighted by Gasteiger charge is 2.39. The van der Waals surface area contributed by atoms with Crippen LogP contribution in [0.2, 0.25) is 0 Å². The fourth-order valence-corrected chi connectivity index (χ4v) is 4.81. The number of carbonyl (C=O) groups is 1. The fourth-order valence-electron chi connectivity index (χ4n) is 4.81. The van der Waals surface area contributed by atoms with Crippen molar-refractivity contribution in [2.45, 2.75) is 39.2 Å². The molecule has 27 heavy (non-hydrogen) atoms. The molecule has 5 heteroatoms. The van der Waals surface area contributed by atoms with Gasteiger partial charge < -0.3 is 15.1 Å². The van der Waals surface area contributed by atoms with Crippen LogP contribution >= 0.6 is 0 Å². The monoisotopic (exact) mass is 366 g/mol. The summed E-state index contributed by atoms with van der Waals surface area (Å²) in [7, 11) is 1.95. The Morgan fingerprint density at radius 2 is 2.07 bits per heavy atom. The van der Waals surface area contributed by atoms with Gasteiger partial charge in [0.05, 0.1) is 5.52 Å². The third-order valence-corrected chi connectivity index (χ3v) is 6.50. The van der Waals surface area contributed by atoms with Gasteiger partial charge in [0.2, 0.25) is 5.91 Å². The van der Waals surface area contributed by atoms with Crippen LogP contribution in [-0.2, 0) is 4.79 Å². The van der Waals surface area contributed by atoms with Gasteiger partial charge in [-0.1, -0.05) is 12.1 Å². The molecule has 2 aromatic rings. The molecule has 2 fully saturated rings. The largest absolute Gasteiger partial charge is 0.371 e. The zero-order chi connectivity index (χ0) is 19.0. The molecule has 1 amide bonds. The summed E-state index contributed by atoms with van der Waals surface area (Å²) in [6.07, 6.45) is 4.69. The van der Waals surface area contributed by atoms with Gasteiger partial charge in [-0.15, -0.1) is 0 Å². The van der Waals surface area contributed by atoms with Crippen molar-refractivity contribution in [1.82, 2.24) is 15.2 Å². The predicted molar refractivity (Wildman–Crippen MR) is 110 cm³/mol. The number of carbonyl (C=O) groups excluding carboxylic acids is 1. The van der Waals surface area contributed by atoms with E-state index in [9.17, 15) is 4.79 Å². The Bertz CT molecular complexity index is 850. The predicted octanol–water partition coefficient (Wildman–Crippen LogP) is 2.89. The van der Waals surface area contributed by atoms with Crippen LogP contribution < -0.4 is 10.2 Å². The van der Waals surface area contributed by atoms with E-state index >= 15 is 0 Å². The third-order valence-electron chi connectivity index (χ3n) is 6.50. The molecular weight excluding hydrogens is 336 g/mol. The second-order valence-electron chi connectivity index (χ2n) is 8.03. The SMILES string of the molecule is CNCCN1C(=O)CC[C@H]2CN(c3ccnc4c(C)c(C)ccc34)CC[C@H]21. The molecule has 4 rings (SSSR count). The zero-order valence-corrected chi connectivity index (χ0v) is 16.7. The van der Waals surface area contributed by atoms with Crippen molar-refractivity contribution in [2.75, 3.05) is 38.1 Å². The van der Waals surface area contributed by atoms with Crippen molar-refractivity contribution in [1.29, 1.82) is 0 Å². The number of nitrogens with zero attached hydrogens (tertiary/aromatic N) is 3. The smallest absolute Gasteiger partial charge is 0.222 e. The van der Waals surface area contributed by atoms with E-state index in [2.05, 4.69) is 52.1 Å². The summed E-state index contributed by atoms with van der Waals surface area (Å²) in [5.74, 6) is 0.892. The molecule has 2 aliphatic heterocycles. The first-order chi connectivity index (χ1) is 13.1. The lowest BCUT2D eigenvalue weighted by atomic mass is 9.83. The van der Waals surface area contributed by atoms with Gasteiger partial charge in [-0.2, -0.15) is 0 Å². The van der Waals surface area contributed by atoms with E-state index in [1.165, 1.54) is 22.2 Å². The maximum absolute atomic E-state index is 12.4. The number of anilines is 1. The van der Waals surface area contributed by atoms with Crippen LogP contribution in [0.1, 0.15) is 30.4 Å². The summed E-state index contributed by atoms with van der Waals surface area (Å²) >= 11 is 0. The Hall–Kier alpha value is -2.14. The molecule has 2 aliphatic rings. The lowest BCUT2D eigenvalue weighted by Gasteiger charge is -2.48. The minimum absolute atomic E-state index is 0.334. The van der Waals surface area contributed by atoms with Crippen LogP contribution in [0, 0.1) is 19.8 Å². The van der Waals surface area contributed by atoms with E-state index in [1.54, 1.807) is 0 Å². The van der Waals surface area contributed by atoms with E-state index < -0.39 is 0 Å². The Morgan fingerprint density at radius 3 is 2.89 bits per heavy atom. The van der Waals surface area contributed by atoms with Gasteiger partial charge in [-0.25, -0.2) is 0 Å². The maximum Gasteiger partial charge on any atom is 0.222 e. The summed E-state index contributed by atoms with van der Waals surface area (Å²) in [4.78, 5) is 21.7. The average Bonchev–Trinajstić information content (AvgIpc) is 2.69. The van der Waals surface area contributed by atoms with Crippen LogP contribution in [0.4, 0.5) is 5.69 Å². The quantitative estimate of drug-likeness (QED) is 0.904. The highest BCUT2D eigenvalue weighted by atomic mass is 16.2. The number of aromatic nitrogens is 1. The molecule has 0 spiro atoms. The highest BCUT2D eigenvalue weighted by Crippen LogP contribution is 2.36. The van der Waals surface area contributed by atoms with E-state index in [0.29, 0.717) is 24.3 Å². The van der Waals surface area contributed by atoms with Gasteiger partial charge in [0.25, 0.3) is 0 Å². The molecule has 0 radical (unpaired) electrons. The van der Waals surface area contributed by atoms with Crippen molar-refractivity contribution >= 4 is 22.5 Å². The molecule has 0 saturated carbocycles. The molecular formula is C22H30N4O. The number of likely N-dealkylation sites (tertiary alicyclic amines) is 1. The Kier molecular flexibility index (Phi) is 5.04. The Morgan fingerprint density at radius 1 is 1.22 bits per heavy atom. The molecule has 2 atom stereocenters. The summed E-state index contributed by atoms with van der Waals surface area (Å²) < 4.78 is 0. The van der Waals surface area contributed by atoms with Crippen molar-refractivity contribution in [3.05, 3.63) is 35.5 Å². The number of rotatable bonds is 4. The number of hydrogen-bond donors (Lipinski definition) is 1. The number of pyridine rings is 1. The van der Waals surface area contributed by atoms with Crippen molar-refractivity contribution in [3.8, 4) is 0 Å². The number of aryl methyl sites for hydroxylation is 2. The fraction of sp³-hybridized carbons (Fsp3) is 0.545. The minimum Gasteiger partial charge on any atom is -0.371 e. The normalized spacial score (nSPS) is 23.0. The molecule has 144 valence electrons. The van der Waals surface area contributed by atoms with Crippen LogP contribution in [0.3, 0.4) is 0 Å². The lowest BCUT2D eigenvalue weighted by molar-refractivity contribution is -0.139. The van der Waals surface area contributed by atoms with Crippen molar-refractivity contribution < 1.29 is 4.79 Å². The second kappa shape index (κ2) is 7.47. The molecule has 5 nitrogen and oxygen atoms in total. The number of fused-ring (bicyclic) bond motifs is 2. The number of hydrogen-bond acceptors (Lipinski definition) is 4. The first kappa shape index (κ1) is 18.2. The summed E-state index contributed by atoms with van der Waals surface area (Å²) in [5.41, 5.74) is 4.96. The van der Waals surface area contributed by atoms with Gasteiger partial charge in [0.15, 0.2) is 0 Å². The van der Waals surface area contributed by atoms with Gasteiger partial charge in [-0.05, 0) is 56.8 Å². The van der Waals surface area contributed by atoms with E-state index in [1.807, 2.05) is 13.2 Å². The van der Waals surface area contributed by atoms with Gasteiger partial charge in [-0.3, -0.25) is 9.78 Å². The molecule has 0 unspecified atom stereocenters. The lowest BCUT2D eigenvalue weighted by Crippen LogP contribution is -2.57. The summed E-state index contributed by atoms with van der Waals surface area (Å²) in [6, 6.07) is 6.97. The molecule has 1 aromatic heterocycles. The first-order valence-corrected chi connectivity index (χ1v) is 10.1. The molecule has 1 aromatic carbocycles. The topological polar surface area (TPSA) is 48.5 Å². The van der Waals surface area contributed by atoms with Gasteiger partial charge in [0.1, 0.15) is 0 Å². The second-order valence-corrected chi connectivity index (χ2v) is 8.03. The number of likely N-dealkylation sites (N-methyl/N-ethyl adjacent to an activating group) is 1. The minimum atomic E-state index is 0.334. The molecule has 0 aliphatic carbocycles. The number of amides is 1. The Labute approximate surface area is 161 Å². The summed E-state index contributed by atoms with van der Waals surface area (Å²) in [5, 5.41) is 4.43. The Balaban J connectivity index is 1.59. The van der Waals surface area contributed by atoms with Crippen LogP contribution in [-0.4, -0.2) is 55.1 Å². The standard InChI is InChI=1S/C22H30N4O/c1-15-4-6-18-20(8-10-24-22(18)16(15)2)25-12-9-19-17(14-25)5-7-21(27)26(19)13-11-23-3/h4,6,8,10,17,19,23H,5,7,9,11-14H2,1-3H3/t17-,19+/m0/s1. The molecule has 3 heterocycles. The third kappa shape index (κ3) is 3.29. The van der Waals surface area contributed by atoms with Gasteiger partial charge in [0, 0.05) is 55.9 Å². The van der Waals surface area contributed by atoms with Crippen LogP contribution in [0.25, 0.3) is 10.9 Å². The highest BCUT2D eigenvalue weighted by molar-refractivity contribution is 5.94. The van der Waals surface area contributed by atoms with Crippen LogP contribution in [0.15, 0.2) is 24.4 Å². The molecule has 0 bridgehead atoms. The zero-order valence-electron chi connectivity index (χ0n) is 16.7. The van der Waals surface area contributed by atoms with E-state index in [0.717, 1.165) is 44.5 Å². The molecule has 1 N–H and O–H groups in total. The van der Waals surface area contributed by atoms with Crippen molar-refractivity contribution in [3.63, 3.8) is 0 Å². The first-order valence-electron chi connectivity index (χ1n) is 10.1. The summed E-state index contributed by atoms with van der Waals surface area (Å²) in [6.45, 7) is 8.02. The number of nitrogens with one attached hydrogen (secondary N) is 1. The maximum atomic E-state index is 12.4. The van der Waals surface area contributed by atoms with Gasteiger partial charge >= 0.3 is 0 Å². The van der Waals surface area contributed by atoms with Crippen molar-refractivity contribution in [2.24, 2.45) is 5.92 Å². The van der Waals surface area contributed by atoms with Crippen LogP contribution in [0.5, 0.6) is 0 Å².